The molecule has 3 heteroatoms. The molecule has 0 amide bonds. The van der Waals surface area contributed by atoms with Gasteiger partial charge in [-0.25, -0.2) is 0 Å². The van der Waals surface area contributed by atoms with E-state index in [-0.39, 0.29) is 5.92 Å². The molecular formula is C39H37NO2. The van der Waals surface area contributed by atoms with Gasteiger partial charge in [-0.05, 0) is 45.5 Å². The first-order valence-corrected chi connectivity index (χ1v) is 14.7. The van der Waals surface area contributed by atoms with E-state index in [9.17, 15) is 0 Å². The van der Waals surface area contributed by atoms with Crippen LogP contribution in [0.5, 0.6) is 5.75 Å². The number of nitrogens with zero attached hydrogens (tertiary/aromatic N) is 1. The Morgan fingerprint density at radius 3 is 1.64 bits per heavy atom. The van der Waals surface area contributed by atoms with Crippen molar-refractivity contribution in [1.29, 1.82) is 0 Å². The van der Waals surface area contributed by atoms with E-state index in [0.29, 0.717) is 6.61 Å². The smallest absolute Gasteiger partial charge is 0.143 e. The van der Waals surface area contributed by atoms with Gasteiger partial charge in [-0.1, -0.05) is 140 Å². The van der Waals surface area contributed by atoms with Crippen LogP contribution in [0.15, 0.2) is 152 Å². The zero-order chi connectivity index (χ0) is 28.6. The summed E-state index contributed by atoms with van der Waals surface area (Å²) in [6.07, 6.45) is 2.39. The van der Waals surface area contributed by atoms with Crippen LogP contribution >= 0.6 is 0 Å². The molecule has 0 radical (unpaired) electrons. The summed E-state index contributed by atoms with van der Waals surface area (Å²) in [6, 6.07) is 51.1. The second kappa shape index (κ2) is 13.0. The third-order valence-electron chi connectivity index (χ3n) is 8.20. The van der Waals surface area contributed by atoms with Crippen molar-refractivity contribution < 1.29 is 9.47 Å². The SMILES string of the molecule is COc1ccc(C2=CCN(Cc3ccccc3)CC2COC(c2ccccc2)(c2ccccc2)c2ccccc2)cc1. The van der Waals surface area contributed by atoms with E-state index < -0.39 is 5.60 Å². The number of methoxy groups -OCH3 is 1. The van der Waals surface area contributed by atoms with Crippen LogP contribution in [0, 0.1) is 5.92 Å². The van der Waals surface area contributed by atoms with Crippen molar-refractivity contribution in [3.63, 3.8) is 0 Å². The Hall–Kier alpha value is -4.44. The largest absolute Gasteiger partial charge is 0.497 e. The molecule has 1 aliphatic heterocycles. The van der Waals surface area contributed by atoms with Gasteiger partial charge >= 0.3 is 0 Å². The van der Waals surface area contributed by atoms with Crippen LogP contribution in [0.2, 0.25) is 0 Å². The third kappa shape index (κ3) is 5.94. The van der Waals surface area contributed by atoms with Crippen LogP contribution in [0.3, 0.4) is 0 Å². The fourth-order valence-electron chi connectivity index (χ4n) is 6.12. The molecule has 6 rings (SSSR count). The molecular weight excluding hydrogens is 514 g/mol. The molecule has 0 bridgehead atoms. The van der Waals surface area contributed by atoms with Crippen LogP contribution < -0.4 is 4.74 Å². The summed E-state index contributed by atoms with van der Waals surface area (Å²) in [5.41, 5.74) is 6.47. The van der Waals surface area contributed by atoms with Crippen LogP contribution in [0.4, 0.5) is 0 Å². The standard InChI is InChI=1S/C39H37NO2/c1-41-37-24-22-32(23-25-37)38-26-27-40(28-31-14-6-2-7-15-31)29-33(38)30-42-39(34-16-8-3-9-17-34,35-18-10-4-11-19-35)36-20-12-5-13-21-36/h2-26,33H,27-30H2,1H3. The first-order chi connectivity index (χ1) is 20.8. The number of hydrogen-bond acceptors (Lipinski definition) is 3. The molecule has 42 heavy (non-hydrogen) atoms. The van der Waals surface area contributed by atoms with Gasteiger partial charge in [0.05, 0.1) is 13.7 Å². The van der Waals surface area contributed by atoms with Gasteiger partial charge < -0.3 is 9.47 Å². The van der Waals surface area contributed by atoms with Crippen molar-refractivity contribution in [3.8, 4) is 5.75 Å². The van der Waals surface area contributed by atoms with Gasteiger partial charge in [-0.15, -0.1) is 0 Å². The lowest BCUT2D eigenvalue weighted by atomic mass is 9.79. The lowest BCUT2D eigenvalue weighted by molar-refractivity contribution is -0.00526. The molecule has 0 N–H and O–H groups in total. The quantitative estimate of drug-likeness (QED) is 0.163. The molecule has 0 aromatic heterocycles. The van der Waals surface area contributed by atoms with Crippen LogP contribution in [-0.2, 0) is 16.9 Å². The van der Waals surface area contributed by atoms with Crippen molar-refractivity contribution in [1.82, 2.24) is 4.90 Å². The maximum absolute atomic E-state index is 7.33. The lowest BCUT2D eigenvalue weighted by Crippen LogP contribution is -2.39. The molecule has 0 saturated heterocycles. The fourth-order valence-corrected chi connectivity index (χ4v) is 6.12. The number of hydrogen-bond donors (Lipinski definition) is 0. The van der Waals surface area contributed by atoms with Crippen molar-refractivity contribution in [2.45, 2.75) is 12.1 Å². The number of benzene rings is 5. The van der Waals surface area contributed by atoms with Crippen LogP contribution in [-0.4, -0.2) is 31.7 Å². The van der Waals surface area contributed by atoms with Gasteiger partial charge in [-0.2, -0.15) is 0 Å². The Morgan fingerprint density at radius 1 is 0.643 bits per heavy atom. The minimum Gasteiger partial charge on any atom is -0.497 e. The molecule has 3 nitrogen and oxygen atoms in total. The molecule has 0 aliphatic carbocycles. The van der Waals surface area contributed by atoms with E-state index in [1.165, 1.54) is 16.7 Å². The second-order valence-electron chi connectivity index (χ2n) is 10.9. The minimum atomic E-state index is -0.753. The lowest BCUT2D eigenvalue weighted by Gasteiger charge is -2.39. The Morgan fingerprint density at radius 2 is 1.14 bits per heavy atom. The molecule has 5 aromatic carbocycles. The highest BCUT2D eigenvalue weighted by atomic mass is 16.5. The highest BCUT2D eigenvalue weighted by Crippen LogP contribution is 2.42. The van der Waals surface area contributed by atoms with Gasteiger partial charge in [0.25, 0.3) is 0 Å². The summed E-state index contributed by atoms with van der Waals surface area (Å²) in [5, 5.41) is 0. The Kier molecular flexibility index (Phi) is 8.60. The Balaban J connectivity index is 1.39. The van der Waals surface area contributed by atoms with E-state index in [4.69, 9.17) is 9.47 Å². The van der Waals surface area contributed by atoms with Crippen LogP contribution in [0.1, 0.15) is 27.8 Å². The van der Waals surface area contributed by atoms with E-state index >= 15 is 0 Å². The minimum absolute atomic E-state index is 0.173. The monoisotopic (exact) mass is 551 g/mol. The summed E-state index contributed by atoms with van der Waals surface area (Å²) < 4.78 is 12.8. The van der Waals surface area contributed by atoms with Crippen molar-refractivity contribution in [3.05, 3.63) is 179 Å². The normalized spacial score (nSPS) is 15.6. The Bertz CT molecular complexity index is 1470. The fraction of sp³-hybridized carbons (Fsp3) is 0.179. The maximum Gasteiger partial charge on any atom is 0.143 e. The zero-order valence-electron chi connectivity index (χ0n) is 24.1. The van der Waals surface area contributed by atoms with E-state index in [1.54, 1.807) is 7.11 Å². The molecule has 1 aliphatic rings. The average molecular weight is 552 g/mol. The first kappa shape index (κ1) is 27.7. The third-order valence-corrected chi connectivity index (χ3v) is 8.20. The van der Waals surface area contributed by atoms with Gasteiger partial charge in [0.2, 0.25) is 0 Å². The van der Waals surface area contributed by atoms with E-state index in [1.807, 2.05) is 12.1 Å². The summed E-state index contributed by atoms with van der Waals surface area (Å²) >= 11 is 0. The maximum atomic E-state index is 7.33. The van der Waals surface area contributed by atoms with Crippen molar-refractivity contribution >= 4 is 5.57 Å². The molecule has 1 atom stereocenters. The van der Waals surface area contributed by atoms with Gasteiger partial charge in [-0.3, -0.25) is 4.90 Å². The molecule has 0 fully saturated rings. The topological polar surface area (TPSA) is 21.7 Å². The molecule has 1 heterocycles. The molecule has 210 valence electrons. The number of ether oxygens (including phenoxy) is 2. The predicted octanol–water partition coefficient (Wildman–Crippen LogP) is 8.22. The predicted molar refractivity (Wildman–Crippen MR) is 171 cm³/mol. The molecule has 0 spiro atoms. The van der Waals surface area contributed by atoms with Crippen LogP contribution in [0.25, 0.3) is 5.57 Å². The highest BCUT2D eigenvalue weighted by molar-refractivity contribution is 5.69. The summed E-state index contributed by atoms with van der Waals surface area (Å²) in [4.78, 5) is 2.52. The average Bonchev–Trinajstić information content (AvgIpc) is 3.07. The Labute approximate surface area is 249 Å². The summed E-state index contributed by atoms with van der Waals surface area (Å²) in [7, 11) is 1.71. The van der Waals surface area contributed by atoms with Crippen molar-refractivity contribution in [2.75, 3.05) is 26.8 Å². The zero-order valence-corrected chi connectivity index (χ0v) is 24.1. The summed E-state index contributed by atoms with van der Waals surface area (Å²) in [5.74, 6) is 1.04. The van der Waals surface area contributed by atoms with Crippen molar-refractivity contribution in [2.24, 2.45) is 5.92 Å². The highest BCUT2D eigenvalue weighted by Gasteiger charge is 2.39. The molecule has 0 saturated carbocycles. The summed E-state index contributed by atoms with van der Waals surface area (Å²) in [6.45, 7) is 3.27. The molecule has 1 unspecified atom stereocenters. The first-order valence-electron chi connectivity index (χ1n) is 14.7. The van der Waals surface area contributed by atoms with E-state index in [0.717, 1.165) is 42.1 Å². The molecule has 5 aromatic rings. The number of rotatable bonds is 10. The van der Waals surface area contributed by atoms with Gasteiger partial charge in [0, 0.05) is 25.6 Å². The van der Waals surface area contributed by atoms with Gasteiger partial charge in [0.15, 0.2) is 0 Å². The second-order valence-corrected chi connectivity index (χ2v) is 10.9. The van der Waals surface area contributed by atoms with E-state index in [2.05, 4.69) is 144 Å². The van der Waals surface area contributed by atoms with Gasteiger partial charge in [0.1, 0.15) is 11.4 Å².